The van der Waals surface area contributed by atoms with Crippen molar-refractivity contribution in [3.05, 3.63) is 18.0 Å². The van der Waals surface area contributed by atoms with Crippen LogP contribution < -0.4 is 5.32 Å². The maximum Gasteiger partial charge on any atom is 0.0537 e. The molecule has 2 unspecified atom stereocenters. The van der Waals surface area contributed by atoms with E-state index in [0.717, 1.165) is 13.0 Å². The average Bonchev–Trinajstić information content (AvgIpc) is 2.72. The number of aryl methyl sites for hydroxylation is 1. The van der Waals surface area contributed by atoms with E-state index < -0.39 is 0 Å². The Bertz CT molecular complexity index is 318. The molecule has 1 rings (SSSR count). The molecule has 0 spiro atoms. The van der Waals surface area contributed by atoms with E-state index in [-0.39, 0.29) is 18.1 Å². The number of aliphatic hydroxyl groups excluding tert-OH is 1. The number of aromatic nitrogens is 2. The first-order chi connectivity index (χ1) is 7.50. The van der Waals surface area contributed by atoms with E-state index in [9.17, 15) is 5.11 Å². The summed E-state index contributed by atoms with van der Waals surface area (Å²) in [6, 6.07) is 0.270. The van der Waals surface area contributed by atoms with Crippen LogP contribution >= 0.6 is 0 Å². The molecule has 4 heteroatoms. The lowest BCUT2D eigenvalue weighted by Crippen LogP contribution is -2.35. The monoisotopic (exact) mass is 225 g/mol. The zero-order chi connectivity index (χ0) is 12.2. The molecular formula is C12H23N3O. The molecule has 0 saturated carbocycles. The Labute approximate surface area is 97.7 Å². The van der Waals surface area contributed by atoms with Gasteiger partial charge in [-0.2, -0.15) is 5.10 Å². The summed E-state index contributed by atoms with van der Waals surface area (Å²) in [7, 11) is 1.92. The Morgan fingerprint density at radius 1 is 1.62 bits per heavy atom. The first-order valence-corrected chi connectivity index (χ1v) is 5.83. The normalized spacial score (nSPS) is 17.1. The van der Waals surface area contributed by atoms with Crippen molar-refractivity contribution in [3.63, 3.8) is 0 Å². The minimum absolute atomic E-state index is 0.0313. The topological polar surface area (TPSA) is 50.1 Å². The minimum atomic E-state index is -0.0313. The van der Waals surface area contributed by atoms with Gasteiger partial charge in [-0.25, -0.2) is 0 Å². The summed E-state index contributed by atoms with van der Waals surface area (Å²) >= 11 is 0. The van der Waals surface area contributed by atoms with Crippen LogP contribution in [0, 0.1) is 5.41 Å². The van der Waals surface area contributed by atoms with Crippen LogP contribution in [0.1, 0.15) is 38.8 Å². The molecule has 0 bridgehead atoms. The number of hydrogen-bond acceptors (Lipinski definition) is 3. The van der Waals surface area contributed by atoms with Gasteiger partial charge in [0.05, 0.1) is 6.20 Å². The lowest BCUT2D eigenvalue weighted by Gasteiger charge is -2.27. The number of rotatable bonds is 6. The van der Waals surface area contributed by atoms with Crippen LogP contribution in [0.3, 0.4) is 0 Å². The molecule has 16 heavy (non-hydrogen) atoms. The van der Waals surface area contributed by atoms with Gasteiger partial charge >= 0.3 is 0 Å². The quantitative estimate of drug-likeness (QED) is 0.771. The van der Waals surface area contributed by atoms with Crippen molar-refractivity contribution in [2.75, 3.05) is 13.2 Å². The first kappa shape index (κ1) is 13.2. The van der Waals surface area contributed by atoms with Crippen LogP contribution in [-0.2, 0) is 7.05 Å². The van der Waals surface area contributed by atoms with Gasteiger partial charge in [-0.05, 0) is 13.3 Å². The minimum Gasteiger partial charge on any atom is -0.396 e. The van der Waals surface area contributed by atoms with Crippen molar-refractivity contribution in [1.29, 1.82) is 0 Å². The Morgan fingerprint density at radius 3 is 2.75 bits per heavy atom. The predicted molar refractivity (Wildman–Crippen MR) is 65.1 cm³/mol. The van der Waals surface area contributed by atoms with Crippen molar-refractivity contribution in [2.24, 2.45) is 12.5 Å². The molecule has 0 fully saturated rings. The van der Waals surface area contributed by atoms with Crippen LogP contribution in [-0.4, -0.2) is 28.0 Å². The van der Waals surface area contributed by atoms with Gasteiger partial charge in [0.2, 0.25) is 0 Å². The average molecular weight is 225 g/mol. The molecule has 4 nitrogen and oxygen atoms in total. The third kappa shape index (κ3) is 3.32. The van der Waals surface area contributed by atoms with Gasteiger partial charge in [0, 0.05) is 43.4 Å². The molecule has 1 aromatic heterocycles. The van der Waals surface area contributed by atoms with E-state index in [2.05, 4.69) is 31.2 Å². The fraction of sp³-hybridized carbons (Fsp3) is 0.750. The Morgan fingerprint density at radius 2 is 2.31 bits per heavy atom. The van der Waals surface area contributed by atoms with Gasteiger partial charge in [-0.15, -0.1) is 0 Å². The third-order valence-corrected chi connectivity index (χ3v) is 3.30. The van der Waals surface area contributed by atoms with Crippen LogP contribution in [0.25, 0.3) is 0 Å². The van der Waals surface area contributed by atoms with Gasteiger partial charge < -0.3 is 10.4 Å². The van der Waals surface area contributed by atoms with Crippen LogP contribution in [0.5, 0.6) is 0 Å². The summed E-state index contributed by atoms with van der Waals surface area (Å²) in [5.41, 5.74) is 1.15. The molecular weight excluding hydrogens is 202 g/mol. The molecule has 1 aromatic rings. The molecule has 0 radical (unpaired) electrons. The van der Waals surface area contributed by atoms with Gasteiger partial charge in [-0.3, -0.25) is 4.68 Å². The maximum absolute atomic E-state index is 9.32. The number of nitrogens with zero attached hydrogens (tertiary/aromatic N) is 2. The predicted octanol–water partition coefficient (Wildman–Crippen LogP) is 1.48. The SMILES string of the molecule is CCC(C)(CO)CNC(C)c1cnn(C)c1. The summed E-state index contributed by atoms with van der Waals surface area (Å²) in [6.07, 6.45) is 4.86. The molecule has 0 aromatic carbocycles. The summed E-state index contributed by atoms with van der Waals surface area (Å²) in [4.78, 5) is 0. The van der Waals surface area contributed by atoms with Gasteiger partial charge in [0.25, 0.3) is 0 Å². The number of nitrogens with one attached hydrogen (secondary N) is 1. The van der Waals surface area contributed by atoms with Crippen molar-refractivity contribution < 1.29 is 5.11 Å². The molecule has 2 atom stereocenters. The Hall–Kier alpha value is -0.870. The van der Waals surface area contributed by atoms with Crippen LogP contribution in [0.2, 0.25) is 0 Å². The van der Waals surface area contributed by atoms with Crippen molar-refractivity contribution >= 4 is 0 Å². The molecule has 0 aliphatic carbocycles. The van der Waals surface area contributed by atoms with E-state index in [4.69, 9.17) is 0 Å². The lowest BCUT2D eigenvalue weighted by atomic mass is 9.88. The molecule has 0 amide bonds. The standard InChI is InChI=1S/C12H23N3O/c1-5-12(3,9-16)8-13-10(2)11-6-14-15(4)7-11/h6-7,10,13,16H,5,8-9H2,1-4H3. The second kappa shape index (κ2) is 5.46. The second-order valence-electron chi connectivity index (χ2n) is 4.87. The Kier molecular flexibility index (Phi) is 4.50. The molecule has 2 N–H and O–H groups in total. The summed E-state index contributed by atoms with van der Waals surface area (Å²) in [5.74, 6) is 0. The van der Waals surface area contributed by atoms with Gasteiger partial charge in [-0.1, -0.05) is 13.8 Å². The highest BCUT2D eigenvalue weighted by Crippen LogP contribution is 2.20. The third-order valence-electron chi connectivity index (χ3n) is 3.30. The summed E-state index contributed by atoms with van der Waals surface area (Å²) < 4.78 is 1.80. The highest BCUT2D eigenvalue weighted by molar-refractivity contribution is 5.08. The zero-order valence-corrected chi connectivity index (χ0v) is 10.7. The summed E-state index contributed by atoms with van der Waals surface area (Å²) in [5, 5.41) is 16.9. The van der Waals surface area contributed by atoms with E-state index in [1.54, 1.807) is 4.68 Å². The van der Waals surface area contributed by atoms with Crippen molar-refractivity contribution in [1.82, 2.24) is 15.1 Å². The lowest BCUT2D eigenvalue weighted by molar-refractivity contribution is 0.132. The molecule has 1 heterocycles. The second-order valence-corrected chi connectivity index (χ2v) is 4.87. The molecule has 0 saturated heterocycles. The van der Waals surface area contributed by atoms with E-state index in [0.29, 0.717) is 0 Å². The summed E-state index contributed by atoms with van der Waals surface area (Å²) in [6.45, 7) is 7.35. The molecule has 0 aliphatic heterocycles. The highest BCUT2D eigenvalue weighted by atomic mass is 16.3. The zero-order valence-electron chi connectivity index (χ0n) is 10.7. The van der Waals surface area contributed by atoms with E-state index in [1.807, 2.05) is 19.4 Å². The van der Waals surface area contributed by atoms with E-state index in [1.165, 1.54) is 5.56 Å². The fourth-order valence-corrected chi connectivity index (χ4v) is 1.47. The fourth-order valence-electron chi connectivity index (χ4n) is 1.47. The number of hydrogen-bond donors (Lipinski definition) is 2. The van der Waals surface area contributed by atoms with Crippen LogP contribution in [0.15, 0.2) is 12.4 Å². The number of aliphatic hydroxyl groups is 1. The first-order valence-electron chi connectivity index (χ1n) is 5.83. The molecule has 92 valence electrons. The smallest absolute Gasteiger partial charge is 0.0537 e. The van der Waals surface area contributed by atoms with Gasteiger partial charge in [0.1, 0.15) is 0 Å². The van der Waals surface area contributed by atoms with Gasteiger partial charge in [0.15, 0.2) is 0 Å². The highest BCUT2D eigenvalue weighted by Gasteiger charge is 2.21. The van der Waals surface area contributed by atoms with E-state index >= 15 is 0 Å². The molecule has 0 aliphatic rings. The van der Waals surface area contributed by atoms with Crippen molar-refractivity contribution in [3.8, 4) is 0 Å². The maximum atomic E-state index is 9.32. The van der Waals surface area contributed by atoms with Crippen molar-refractivity contribution in [2.45, 2.75) is 33.2 Å². The largest absolute Gasteiger partial charge is 0.396 e. The van der Waals surface area contributed by atoms with Crippen LogP contribution in [0.4, 0.5) is 0 Å². The Balaban J connectivity index is 2.49.